The number of furan rings is 1. The van der Waals surface area contributed by atoms with Crippen molar-refractivity contribution in [3.8, 4) is 22.8 Å². The standard InChI is InChI=1S/C27H21FN2O3/c1-29-15-20-5-2-7-22(28)26(20)33-24-8-3-6-21-17-30(27(31)25(21)24)16-18-10-12-19(13-11-18)23-9-4-14-32-23/h2-15H,16-17H2,1H3/b29-15-. The Balaban J connectivity index is 1.38. The second kappa shape index (κ2) is 8.74. The fraction of sp³-hybridized carbons (Fsp3) is 0.111. The molecule has 2 heterocycles. The number of hydrogen-bond acceptors (Lipinski definition) is 4. The molecule has 0 saturated heterocycles. The molecule has 3 aromatic carbocycles. The zero-order chi connectivity index (χ0) is 22.8. The third kappa shape index (κ3) is 4.03. The molecule has 1 aliphatic heterocycles. The Hall–Kier alpha value is -4.19. The lowest BCUT2D eigenvalue weighted by Crippen LogP contribution is -2.23. The molecule has 1 aromatic heterocycles. The molecule has 0 aliphatic carbocycles. The van der Waals surface area contributed by atoms with Gasteiger partial charge in [-0.05, 0) is 41.5 Å². The lowest BCUT2D eigenvalue weighted by molar-refractivity contribution is 0.0764. The van der Waals surface area contributed by atoms with Crippen LogP contribution < -0.4 is 4.74 Å². The molecule has 6 heteroatoms. The average Bonchev–Trinajstić information content (AvgIpc) is 3.46. The first-order valence-electron chi connectivity index (χ1n) is 10.6. The van der Waals surface area contributed by atoms with Crippen LogP contribution in [0.3, 0.4) is 0 Å². The fourth-order valence-corrected chi connectivity index (χ4v) is 4.02. The summed E-state index contributed by atoms with van der Waals surface area (Å²) in [5, 5.41) is 0. The Morgan fingerprint density at radius 3 is 2.64 bits per heavy atom. The van der Waals surface area contributed by atoms with Crippen LogP contribution in [0.15, 0.2) is 88.5 Å². The molecular weight excluding hydrogens is 419 g/mol. The molecule has 33 heavy (non-hydrogen) atoms. The number of hydrogen-bond donors (Lipinski definition) is 0. The molecule has 0 atom stereocenters. The predicted molar refractivity (Wildman–Crippen MR) is 124 cm³/mol. The Morgan fingerprint density at radius 2 is 1.88 bits per heavy atom. The van der Waals surface area contributed by atoms with Crippen LogP contribution in [0.1, 0.15) is 27.0 Å². The van der Waals surface area contributed by atoms with Crippen molar-refractivity contribution in [2.45, 2.75) is 13.1 Å². The van der Waals surface area contributed by atoms with E-state index in [4.69, 9.17) is 9.15 Å². The summed E-state index contributed by atoms with van der Waals surface area (Å²) in [6.07, 6.45) is 3.17. The summed E-state index contributed by atoms with van der Waals surface area (Å²) in [4.78, 5) is 19.0. The van der Waals surface area contributed by atoms with Crippen molar-refractivity contribution in [1.82, 2.24) is 4.90 Å². The van der Waals surface area contributed by atoms with Crippen LogP contribution in [0, 0.1) is 5.82 Å². The van der Waals surface area contributed by atoms with Gasteiger partial charge in [0.15, 0.2) is 11.6 Å². The van der Waals surface area contributed by atoms with Crippen molar-refractivity contribution in [2.24, 2.45) is 4.99 Å². The smallest absolute Gasteiger partial charge is 0.258 e. The number of rotatable bonds is 6. The molecule has 1 aliphatic rings. The normalized spacial score (nSPS) is 13.0. The number of fused-ring (bicyclic) bond motifs is 1. The van der Waals surface area contributed by atoms with E-state index >= 15 is 0 Å². The minimum absolute atomic E-state index is 0.0521. The predicted octanol–water partition coefficient (Wildman–Crippen LogP) is 6.08. The van der Waals surface area contributed by atoms with Gasteiger partial charge in [0, 0.05) is 37.5 Å². The van der Waals surface area contributed by atoms with E-state index in [1.54, 1.807) is 36.4 Å². The summed E-state index contributed by atoms with van der Waals surface area (Å²) in [6.45, 7) is 0.921. The van der Waals surface area contributed by atoms with Crippen LogP contribution in [0.5, 0.6) is 11.5 Å². The second-order valence-corrected chi connectivity index (χ2v) is 7.77. The summed E-state index contributed by atoms with van der Waals surface area (Å²) >= 11 is 0. The SMILES string of the molecule is C/N=C\c1cccc(F)c1Oc1cccc2c1C(=O)N(Cc1ccc(-c3ccco3)cc1)C2. The highest BCUT2D eigenvalue weighted by molar-refractivity contribution is 6.01. The number of amides is 1. The van der Waals surface area contributed by atoms with Crippen LogP contribution in [0.4, 0.5) is 4.39 Å². The van der Waals surface area contributed by atoms with Crippen molar-refractivity contribution in [3.05, 3.63) is 107 Å². The first kappa shape index (κ1) is 20.7. The van der Waals surface area contributed by atoms with Crippen LogP contribution in [-0.2, 0) is 13.1 Å². The van der Waals surface area contributed by atoms with E-state index in [1.165, 1.54) is 12.3 Å². The zero-order valence-electron chi connectivity index (χ0n) is 18.0. The maximum absolute atomic E-state index is 14.5. The molecule has 1 amide bonds. The Kier molecular flexibility index (Phi) is 5.48. The Labute approximate surface area is 190 Å². The van der Waals surface area contributed by atoms with Gasteiger partial charge >= 0.3 is 0 Å². The van der Waals surface area contributed by atoms with E-state index in [-0.39, 0.29) is 11.7 Å². The van der Waals surface area contributed by atoms with Crippen LogP contribution in [0.25, 0.3) is 11.3 Å². The number of benzene rings is 3. The minimum atomic E-state index is -0.510. The van der Waals surface area contributed by atoms with Gasteiger partial charge in [0.1, 0.15) is 11.5 Å². The fourth-order valence-electron chi connectivity index (χ4n) is 4.02. The van der Waals surface area contributed by atoms with Crippen molar-refractivity contribution in [1.29, 1.82) is 0 Å². The van der Waals surface area contributed by atoms with Crippen LogP contribution >= 0.6 is 0 Å². The summed E-state index contributed by atoms with van der Waals surface area (Å²) in [7, 11) is 1.61. The van der Waals surface area contributed by atoms with Gasteiger partial charge in [0.25, 0.3) is 5.91 Å². The van der Waals surface area contributed by atoms with Gasteiger partial charge in [-0.2, -0.15) is 0 Å². The molecule has 0 bridgehead atoms. The minimum Gasteiger partial charge on any atom is -0.464 e. The van der Waals surface area contributed by atoms with Gasteiger partial charge in [-0.3, -0.25) is 9.79 Å². The first-order chi connectivity index (χ1) is 16.1. The molecule has 5 rings (SSSR count). The van der Waals surface area contributed by atoms with Gasteiger partial charge in [0.2, 0.25) is 0 Å². The monoisotopic (exact) mass is 440 g/mol. The van der Waals surface area contributed by atoms with Crippen LogP contribution in [-0.4, -0.2) is 24.1 Å². The third-order valence-electron chi connectivity index (χ3n) is 5.59. The van der Waals surface area contributed by atoms with Crippen LogP contribution in [0.2, 0.25) is 0 Å². The first-order valence-corrected chi connectivity index (χ1v) is 10.6. The molecule has 4 aromatic rings. The molecule has 0 unspecified atom stereocenters. The van der Waals surface area contributed by atoms with E-state index in [1.807, 2.05) is 48.5 Å². The maximum Gasteiger partial charge on any atom is 0.258 e. The van der Waals surface area contributed by atoms with E-state index in [2.05, 4.69) is 4.99 Å². The van der Waals surface area contributed by atoms with Crippen molar-refractivity contribution in [2.75, 3.05) is 7.05 Å². The molecule has 0 radical (unpaired) electrons. The van der Waals surface area contributed by atoms with Crippen molar-refractivity contribution in [3.63, 3.8) is 0 Å². The summed E-state index contributed by atoms with van der Waals surface area (Å²) < 4.78 is 25.9. The van der Waals surface area contributed by atoms with Gasteiger partial charge in [-0.25, -0.2) is 4.39 Å². The summed E-state index contributed by atoms with van der Waals surface area (Å²) in [6, 6.07) is 21.7. The molecule has 0 saturated carbocycles. The van der Waals surface area contributed by atoms with Gasteiger partial charge < -0.3 is 14.1 Å². The average molecular weight is 440 g/mol. The number of carbonyl (C=O) groups excluding carboxylic acids is 1. The van der Waals surface area contributed by atoms with Gasteiger partial charge in [-0.1, -0.05) is 42.5 Å². The lowest BCUT2D eigenvalue weighted by atomic mass is 10.1. The van der Waals surface area contributed by atoms with Gasteiger partial charge in [0.05, 0.1) is 11.8 Å². The van der Waals surface area contributed by atoms with Crippen molar-refractivity contribution < 1.29 is 18.3 Å². The number of ether oxygens (including phenoxy) is 1. The molecule has 0 spiro atoms. The molecule has 164 valence electrons. The molecule has 0 fully saturated rings. The van der Waals surface area contributed by atoms with E-state index in [9.17, 15) is 9.18 Å². The summed E-state index contributed by atoms with van der Waals surface area (Å²) in [5.41, 5.74) is 3.81. The Morgan fingerprint density at radius 1 is 1.06 bits per heavy atom. The third-order valence-corrected chi connectivity index (χ3v) is 5.59. The number of para-hydroxylation sites is 1. The van der Waals surface area contributed by atoms with E-state index in [0.717, 1.165) is 22.5 Å². The van der Waals surface area contributed by atoms with E-state index < -0.39 is 5.82 Å². The van der Waals surface area contributed by atoms with Crippen molar-refractivity contribution >= 4 is 12.1 Å². The highest BCUT2D eigenvalue weighted by Gasteiger charge is 2.31. The topological polar surface area (TPSA) is 55.0 Å². The molecule has 0 N–H and O–H groups in total. The number of nitrogens with zero attached hydrogens (tertiary/aromatic N) is 2. The quantitative estimate of drug-likeness (QED) is 0.341. The summed E-state index contributed by atoms with van der Waals surface area (Å²) in [5.74, 6) is 0.538. The highest BCUT2D eigenvalue weighted by atomic mass is 19.1. The number of halogens is 1. The number of aliphatic imine (C=N–C) groups is 1. The number of carbonyl (C=O) groups is 1. The molecule has 5 nitrogen and oxygen atoms in total. The maximum atomic E-state index is 14.5. The van der Waals surface area contributed by atoms with Gasteiger partial charge in [-0.15, -0.1) is 0 Å². The Bertz CT molecular complexity index is 1330. The highest BCUT2D eigenvalue weighted by Crippen LogP contribution is 2.36. The molecular formula is C27H21FN2O3. The zero-order valence-corrected chi connectivity index (χ0v) is 18.0. The largest absolute Gasteiger partial charge is 0.464 e. The lowest BCUT2D eigenvalue weighted by Gasteiger charge is -2.16. The van der Waals surface area contributed by atoms with E-state index in [0.29, 0.717) is 30.0 Å². The second-order valence-electron chi connectivity index (χ2n) is 7.77.